The number of hydrogen-bond acceptors (Lipinski definition) is 6. The highest BCUT2D eigenvalue weighted by molar-refractivity contribution is 6.30. The number of benzene rings is 2. The third kappa shape index (κ3) is 5.20. The summed E-state index contributed by atoms with van der Waals surface area (Å²) in [6, 6.07) is 15.2. The van der Waals surface area contributed by atoms with Gasteiger partial charge in [0.25, 0.3) is 11.6 Å². The Morgan fingerprint density at radius 2 is 1.76 bits per heavy atom. The van der Waals surface area contributed by atoms with Gasteiger partial charge in [-0.1, -0.05) is 11.6 Å². The number of nitro groups is 1. The lowest BCUT2D eigenvalue weighted by Gasteiger charge is -2.35. The van der Waals surface area contributed by atoms with E-state index in [4.69, 9.17) is 16.0 Å². The van der Waals surface area contributed by atoms with Crippen molar-refractivity contribution in [3.05, 3.63) is 81.1 Å². The van der Waals surface area contributed by atoms with Crippen LogP contribution < -0.4 is 10.2 Å². The van der Waals surface area contributed by atoms with Crippen LogP contribution in [-0.2, 0) is 11.3 Å². The number of carbonyl (C=O) groups excluding carboxylic acids is 2. The van der Waals surface area contributed by atoms with Gasteiger partial charge in [-0.25, -0.2) is 0 Å². The summed E-state index contributed by atoms with van der Waals surface area (Å²) in [4.78, 5) is 39.0. The molecular weight excluding hydrogens is 460 g/mol. The number of amides is 2. The maximum atomic E-state index is 12.7. The minimum absolute atomic E-state index is 0.0157. The molecule has 10 heteroatoms. The Labute approximate surface area is 201 Å². The van der Waals surface area contributed by atoms with Crippen molar-refractivity contribution >= 4 is 34.8 Å². The fourth-order valence-electron chi connectivity index (χ4n) is 3.85. The number of nitrogens with zero attached hydrogens (tertiary/aromatic N) is 3. The molecule has 2 heterocycles. The van der Waals surface area contributed by atoms with Crippen LogP contribution in [0.15, 0.2) is 59.0 Å². The number of halogens is 1. The van der Waals surface area contributed by atoms with Crippen LogP contribution in [0.3, 0.4) is 0 Å². The van der Waals surface area contributed by atoms with E-state index in [1.807, 2.05) is 17.0 Å². The summed E-state index contributed by atoms with van der Waals surface area (Å²) < 4.78 is 5.78. The first-order valence-electron chi connectivity index (χ1n) is 10.7. The van der Waals surface area contributed by atoms with Gasteiger partial charge in [-0.05, 0) is 48.5 Å². The fourth-order valence-corrected chi connectivity index (χ4v) is 3.98. The molecular formula is C24H23ClN4O5. The van der Waals surface area contributed by atoms with Crippen molar-refractivity contribution < 1.29 is 18.9 Å². The van der Waals surface area contributed by atoms with E-state index in [0.717, 1.165) is 5.56 Å². The molecule has 1 saturated heterocycles. The minimum Gasteiger partial charge on any atom is -0.459 e. The highest BCUT2D eigenvalue weighted by atomic mass is 35.5. The number of hydrogen-bond donors (Lipinski definition) is 1. The normalized spacial score (nSPS) is 13.6. The number of furan rings is 1. The Morgan fingerprint density at radius 1 is 1.06 bits per heavy atom. The maximum Gasteiger partial charge on any atom is 0.293 e. The number of piperazine rings is 1. The van der Waals surface area contributed by atoms with Gasteiger partial charge in [0.05, 0.1) is 11.5 Å². The number of rotatable bonds is 6. The Balaban J connectivity index is 1.42. The summed E-state index contributed by atoms with van der Waals surface area (Å²) >= 11 is 5.91. The fraction of sp³-hybridized carbons (Fsp3) is 0.250. The summed E-state index contributed by atoms with van der Waals surface area (Å²) in [5, 5.41) is 15.1. The zero-order chi connectivity index (χ0) is 24.2. The monoisotopic (exact) mass is 482 g/mol. The second-order valence-electron chi connectivity index (χ2n) is 7.91. The summed E-state index contributed by atoms with van der Waals surface area (Å²) in [5.74, 6) is 0.733. The molecule has 0 bridgehead atoms. The van der Waals surface area contributed by atoms with Crippen molar-refractivity contribution in [1.29, 1.82) is 0 Å². The number of nitro benzene ring substituents is 1. The number of nitrogens with one attached hydrogen (secondary N) is 1. The third-order valence-corrected chi connectivity index (χ3v) is 5.97. The van der Waals surface area contributed by atoms with Crippen molar-refractivity contribution in [2.45, 2.75) is 13.5 Å². The van der Waals surface area contributed by atoms with Gasteiger partial charge in [0.2, 0.25) is 5.91 Å². The zero-order valence-electron chi connectivity index (χ0n) is 18.5. The molecule has 3 aromatic rings. The van der Waals surface area contributed by atoms with Crippen LogP contribution in [0.1, 0.15) is 23.0 Å². The third-order valence-electron chi connectivity index (χ3n) is 5.71. The molecule has 9 nitrogen and oxygen atoms in total. The highest BCUT2D eigenvalue weighted by Gasteiger charge is 2.26. The molecule has 1 fully saturated rings. The van der Waals surface area contributed by atoms with E-state index in [2.05, 4.69) is 5.32 Å². The van der Waals surface area contributed by atoms with E-state index in [1.54, 1.807) is 41.3 Å². The molecule has 0 spiro atoms. The van der Waals surface area contributed by atoms with E-state index >= 15 is 0 Å². The van der Waals surface area contributed by atoms with Gasteiger partial charge in [-0.15, -0.1) is 0 Å². The van der Waals surface area contributed by atoms with E-state index in [1.165, 1.54) is 13.0 Å². The van der Waals surface area contributed by atoms with Crippen molar-refractivity contribution in [2.75, 3.05) is 31.1 Å². The standard InChI is InChI=1S/C24H23ClN4O5/c1-16(30)27-10-12-28(13-11-27)21-8-4-18(14-22(21)29(32)33)24(31)26-15-20-7-9-23(34-20)17-2-5-19(25)6-3-17/h2-9,14H,10-13,15H2,1H3,(H,26,31). The number of carbonyl (C=O) groups is 2. The van der Waals surface area contributed by atoms with Crippen LogP contribution in [0.5, 0.6) is 0 Å². The molecule has 2 amide bonds. The molecule has 2 aromatic carbocycles. The summed E-state index contributed by atoms with van der Waals surface area (Å²) in [5.41, 5.74) is 1.33. The topological polar surface area (TPSA) is 109 Å². The Bertz CT molecular complexity index is 1220. The maximum absolute atomic E-state index is 12.7. The molecule has 34 heavy (non-hydrogen) atoms. The zero-order valence-corrected chi connectivity index (χ0v) is 19.2. The minimum atomic E-state index is -0.492. The van der Waals surface area contributed by atoms with E-state index < -0.39 is 10.8 Å². The highest BCUT2D eigenvalue weighted by Crippen LogP contribution is 2.30. The Kier molecular flexibility index (Phi) is 6.83. The van der Waals surface area contributed by atoms with Crippen molar-refractivity contribution in [1.82, 2.24) is 10.2 Å². The lowest BCUT2D eigenvalue weighted by Crippen LogP contribution is -2.48. The molecule has 1 aliphatic rings. The van der Waals surface area contributed by atoms with Gasteiger partial charge >= 0.3 is 0 Å². The van der Waals surface area contributed by atoms with Gasteiger partial charge in [-0.2, -0.15) is 0 Å². The largest absolute Gasteiger partial charge is 0.459 e. The van der Waals surface area contributed by atoms with Crippen molar-refractivity contribution in [3.63, 3.8) is 0 Å². The second kappa shape index (κ2) is 9.96. The van der Waals surface area contributed by atoms with Crippen LogP contribution in [0, 0.1) is 10.1 Å². The van der Waals surface area contributed by atoms with Gasteiger partial charge in [0.15, 0.2) is 0 Å². The van der Waals surface area contributed by atoms with Gasteiger partial charge in [-0.3, -0.25) is 19.7 Å². The van der Waals surface area contributed by atoms with Crippen LogP contribution in [0.4, 0.5) is 11.4 Å². The molecule has 0 unspecified atom stereocenters. The lowest BCUT2D eigenvalue weighted by atomic mass is 10.1. The summed E-state index contributed by atoms with van der Waals surface area (Å²) in [7, 11) is 0. The molecule has 0 aliphatic carbocycles. The van der Waals surface area contributed by atoms with Crippen LogP contribution in [-0.4, -0.2) is 47.8 Å². The molecule has 1 aliphatic heterocycles. The quantitative estimate of drug-likeness (QED) is 0.418. The van der Waals surface area contributed by atoms with Crippen molar-refractivity contribution in [2.24, 2.45) is 0 Å². The molecule has 1 N–H and O–H groups in total. The molecule has 0 atom stereocenters. The lowest BCUT2D eigenvalue weighted by molar-refractivity contribution is -0.384. The predicted molar refractivity (Wildman–Crippen MR) is 128 cm³/mol. The predicted octanol–water partition coefficient (Wildman–Crippen LogP) is 4.11. The molecule has 176 valence electrons. The van der Waals surface area contributed by atoms with Gasteiger partial charge < -0.3 is 19.5 Å². The average Bonchev–Trinajstić information content (AvgIpc) is 3.31. The van der Waals surface area contributed by atoms with Crippen LogP contribution in [0.25, 0.3) is 11.3 Å². The Hall–Kier alpha value is -3.85. The molecule has 0 radical (unpaired) electrons. The Morgan fingerprint density at radius 3 is 2.41 bits per heavy atom. The smallest absolute Gasteiger partial charge is 0.293 e. The molecule has 1 aromatic heterocycles. The molecule has 4 rings (SSSR count). The van der Waals surface area contributed by atoms with E-state index in [0.29, 0.717) is 48.4 Å². The summed E-state index contributed by atoms with van der Waals surface area (Å²) in [6.07, 6.45) is 0. The van der Waals surface area contributed by atoms with E-state index in [-0.39, 0.29) is 23.7 Å². The second-order valence-corrected chi connectivity index (χ2v) is 8.35. The molecule has 0 saturated carbocycles. The van der Waals surface area contributed by atoms with Gasteiger partial charge in [0.1, 0.15) is 17.2 Å². The van der Waals surface area contributed by atoms with Crippen LogP contribution in [0.2, 0.25) is 5.02 Å². The first kappa shape index (κ1) is 23.3. The SMILES string of the molecule is CC(=O)N1CCN(c2ccc(C(=O)NCc3ccc(-c4ccc(Cl)cc4)o3)cc2[N+](=O)[O-])CC1. The number of anilines is 1. The van der Waals surface area contributed by atoms with E-state index in [9.17, 15) is 19.7 Å². The first-order valence-corrected chi connectivity index (χ1v) is 11.1. The average molecular weight is 483 g/mol. The van der Waals surface area contributed by atoms with Gasteiger partial charge in [0, 0.05) is 55.3 Å². The summed E-state index contributed by atoms with van der Waals surface area (Å²) in [6.45, 7) is 3.61. The van der Waals surface area contributed by atoms with Crippen molar-refractivity contribution in [3.8, 4) is 11.3 Å². The first-order chi connectivity index (χ1) is 16.3. The van der Waals surface area contributed by atoms with Crippen LogP contribution >= 0.6 is 11.6 Å².